The molecule has 0 unspecified atom stereocenters. The van der Waals surface area contributed by atoms with Gasteiger partial charge in [0.1, 0.15) is 0 Å². The molecule has 21 heavy (non-hydrogen) atoms. The minimum Gasteiger partial charge on any atom is -0.390 e. The van der Waals surface area contributed by atoms with E-state index in [9.17, 15) is 5.11 Å². The van der Waals surface area contributed by atoms with Gasteiger partial charge in [-0.1, -0.05) is 37.1 Å². The molecule has 0 heterocycles. The van der Waals surface area contributed by atoms with E-state index in [0.717, 1.165) is 25.7 Å². The van der Waals surface area contributed by atoms with Crippen LogP contribution in [0.1, 0.15) is 79.6 Å². The first-order valence-corrected chi connectivity index (χ1v) is 8.77. The molecule has 2 aliphatic rings. The van der Waals surface area contributed by atoms with Crippen LogP contribution in [0.5, 0.6) is 0 Å². The Labute approximate surface area is 131 Å². The minimum absolute atomic E-state index is 0.220. The molecule has 0 spiro atoms. The van der Waals surface area contributed by atoms with Crippen LogP contribution in [0, 0.1) is 17.3 Å². The minimum atomic E-state index is -0.497. The van der Waals surface area contributed by atoms with Crippen molar-refractivity contribution in [2.45, 2.75) is 85.2 Å². The van der Waals surface area contributed by atoms with Crippen LogP contribution in [-0.4, -0.2) is 10.7 Å². The summed E-state index contributed by atoms with van der Waals surface area (Å²) in [6.45, 7) is 11.4. The first-order chi connectivity index (χ1) is 9.73. The van der Waals surface area contributed by atoms with Crippen molar-refractivity contribution >= 4 is 0 Å². The van der Waals surface area contributed by atoms with Crippen LogP contribution in [0.4, 0.5) is 0 Å². The SMILES string of the molecule is C/C1=C/C[C@H]2CC[C@@](C)(O)[C@H](CC/C(C)=C\CC1)C2(C)C. The molecule has 0 radical (unpaired) electrons. The van der Waals surface area contributed by atoms with E-state index < -0.39 is 5.60 Å². The van der Waals surface area contributed by atoms with Gasteiger partial charge in [0.05, 0.1) is 5.60 Å². The molecule has 0 aliphatic heterocycles. The molecule has 0 amide bonds. The molecule has 1 nitrogen and oxygen atoms in total. The van der Waals surface area contributed by atoms with Crippen LogP contribution < -0.4 is 0 Å². The number of aliphatic hydroxyl groups is 1. The number of rotatable bonds is 0. The van der Waals surface area contributed by atoms with Crippen molar-refractivity contribution in [2.75, 3.05) is 0 Å². The molecule has 1 heteroatoms. The smallest absolute Gasteiger partial charge is 0.0653 e. The average Bonchev–Trinajstić information content (AvgIpc) is 2.35. The van der Waals surface area contributed by atoms with Gasteiger partial charge in [0.25, 0.3) is 0 Å². The Bertz CT molecular complexity index is 425. The van der Waals surface area contributed by atoms with Crippen LogP contribution in [0.25, 0.3) is 0 Å². The highest BCUT2D eigenvalue weighted by Gasteiger charge is 2.49. The lowest BCUT2D eigenvalue weighted by Gasteiger charge is -2.53. The van der Waals surface area contributed by atoms with Gasteiger partial charge in [-0.15, -0.1) is 0 Å². The second-order valence-electron chi connectivity index (χ2n) is 8.38. The van der Waals surface area contributed by atoms with Crippen molar-refractivity contribution < 1.29 is 5.11 Å². The molecular formula is C20H34O. The van der Waals surface area contributed by atoms with Crippen molar-refractivity contribution in [1.29, 1.82) is 0 Å². The quantitative estimate of drug-likeness (QED) is 0.572. The van der Waals surface area contributed by atoms with Crippen LogP contribution in [0.15, 0.2) is 23.3 Å². The van der Waals surface area contributed by atoms with Crippen molar-refractivity contribution in [3.63, 3.8) is 0 Å². The lowest BCUT2D eigenvalue weighted by atomic mass is 9.54. The highest BCUT2D eigenvalue weighted by Crippen LogP contribution is 2.53. The normalized spacial score (nSPS) is 42.8. The molecule has 0 saturated heterocycles. The van der Waals surface area contributed by atoms with E-state index in [0.29, 0.717) is 11.8 Å². The Kier molecular flexibility index (Phi) is 5.03. The zero-order valence-electron chi connectivity index (χ0n) is 14.7. The largest absolute Gasteiger partial charge is 0.390 e. The third-order valence-electron chi connectivity index (χ3n) is 6.31. The Morgan fingerprint density at radius 3 is 2.38 bits per heavy atom. The van der Waals surface area contributed by atoms with Gasteiger partial charge < -0.3 is 5.11 Å². The molecule has 0 aromatic heterocycles. The zero-order valence-corrected chi connectivity index (χ0v) is 14.7. The third kappa shape index (κ3) is 3.80. The molecule has 3 atom stereocenters. The summed E-state index contributed by atoms with van der Waals surface area (Å²) in [7, 11) is 0. The van der Waals surface area contributed by atoms with Gasteiger partial charge in [0.15, 0.2) is 0 Å². The molecule has 1 saturated carbocycles. The fourth-order valence-electron chi connectivity index (χ4n) is 4.67. The summed E-state index contributed by atoms with van der Waals surface area (Å²) in [5, 5.41) is 10.9. The topological polar surface area (TPSA) is 20.2 Å². The summed E-state index contributed by atoms with van der Waals surface area (Å²) in [4.78, 5) is 0. The van der Waals surface area contributed by atoms with Crippen molar-refractivity contribution in [1.82, 2.24) is 0 Å². The van der Waals surface area contributed by atoms with Gasteiger partial charge in [-0.3, -0.25) is 0 Å². The predicted molar refractivity (Wildman–Crippen MR) is 91.2 cm³/mol. The van der Waals surface area contributed by atoms with Gasteiger partial charge in [0, 0.05) is 0 Å². The summed E-state index contributed by atoms with van der Waals surface area (Å²) >= 11 is 0. The molecule has 1 fully saturated rings. The Hall–Kier alpha value is -0.560. The first kappa shape index (κ1) is 16.8. The monoisotopic (exact) mass is 290 g/mol. The standard InChI is InChI=1S/C20H34O/c1-15-7-6-8-16(2)10-12-18-19(3,4)17(11-9-15)13-14-20(18,5)21/h8-9,17-18,21H,6-7,10-14H2,1-5H3/b15-9-,16-8-/t17-,18+,20+/m0/s1. The fraction of sp³-hybridized carbons (Fsp3) is 0.800. The lowest BCUT2D eigenvalue weighted by molar-refractivity contribution is -0.118. The maximum atomic E-state index is 10.9. The first-order valence-electron chi connectivity index (χ1n) is 8.77. The maximum Gasteiger partial charge on any atom is 0.0653 e. The van der Waals surface area contributed by atoms with Crippen molar-refractivity contribution in [3.8, 4) is 0 Å². The van der Waals surface area contributed by atoms with Crippen LogP contribution in [-0.2, 0) is 0 Å². The maximum absolute atomic E-state index is 10.9. The van der Waals surface area contributed by atoms with Crippen molar-refractivity contribution in [2.24, 2.45) is 17.3 Å². The fourth-order valence-corrected chi connectivity index (χ4v) is 4.67. The molecule has 0 aromatic rings. The van der Waals surface area contributed by atoms with E-state index in [4.69, 9.17) is 0 Å². The van der Waals surface area contributed by atoms with Crippen LogP contribution in [0.3, 0.4) is 0 Å². The Balaban J connectivity index is 2.30. The van der Waals surface area contributed by atoms with E-state index in [1.54, 1.807) is 0 Å². The predicted octanol–water partition coefficient (Wildman–Crippen LogP) is 5.65. The molecule has 2 aliphatic carbocycles. The number of fused-ring (bicyclic) bond motifs is 2. The highest BCUT2D eigenvalue weighted by atomic mass is 16.3. The van der Waals surface area contributed by atoms with Gasteiger partial charge >= 0.3 is 0 Å². The summed E-state index contributed by atoms with van der Waals surface area (Å²) in [5.41, 5.74) is 2.75. The lowest BCUT2D eigenvalue weighted by Crippen LogP contribution is -2.51. The average molecular weight is 290 g/mol. The molecular weight excluding hydrogens is 256 g/mol. The summed E-state index contributed by atoms with van der Waals surface area (Å²) in [6.07, 6.45) is 12.8. The van der Waals surface area contributed by atoms with Gasteiger partial charge in [-0.2, -0.15) is 0 Å². The molecule has 1 N–H and O–H groups in total. The third-order valence-corrected chi connectivity index (χ3v) is 6.31. The van der Waals surface area contributed by atoms with Gasteiger partial charge in [-0.25, -0.2) is 0 Å². The van der Waals surface area contributed by atoms with Gasteiger partial charge in [0.2, 0.25) is 0 Å². The molecule has 0 aromatic carbocycles. The second-order valence-corrected chi connectivity index (χ2v) is 8.38. The molecule has 2 rings (SSSR count). The van der Waals surface area contributed by atoms with Crippen molar-refractivity contribution in [3.05, 3.63) is 23.3 Å². The van der Waals surface area contributed by atoms with E-state index in [1.165, 1.54) is 30.4 Å². The number of allylic oxidation sites excluding steroid dienone is 4. The van der Waals surface area contributed by atoms with Crippen LogP contribution >= 0.6 is 0 Å². The van der Waals surface area contributed by atoms with Gasteiger partial charge in [-0.05, 0) is 83.0 Å². The summed E-state index contributed by atoms with van der Waals surface area (Å²) in [6, 6.07) is 0. The summed E-state index contributed by atoms with van der Waals surface area (Å²) in [5.74, 6) is 1.11. The van der Waals surface area contributed by atoms with E-state index in [2.05, 4.69) is 46.8 Å². The highest BCUT2D eigenvalue weighted by molar-refractivity contribution is 5.09. The van der Waals surface area contributed by atoms with E-state index in [-0.39, 0.29) is 5.41 Å². The van der Waals surface area contributed by atoms with E-state index >= 15 is 0 Å². The Morgan fingerprint density at radius 1 is 1.00 bits per heavy atom. The Morgan fingerprint density at radius 2 is 1.67 bits per heavy atom. The second kappa shape index (κ2) is 6.28. The number of hydrogen-bond acceptors (Lipinski definition) is 1. The molecule has 120 valence electrons. The van der Waals surface area contributed by atoms with Crippen LogP contribution in [0.2, 0.25) is 0 Å². The van der Waals surface area contributed by atoms with E-state index in [1.807, 2.05) is 0 Å². The number of hydrogen-bond donors (Lipinski definition) is 1. The zero-order chi connectivity index (χ0) is 15.7. The summed E-state index contributed by atoms with van der Waals surface area (Å²) < 4.78 is 0. The molecule has 2 bridgehead atoms.